The summed E-state index contributed by atoms with van der Waals surface area (Å²) in [4.78, 5) is 7.39. The van der Waals surface area contributed by atoms with E-state index in [2.05, 4.69) is 23.2 Å². The van der Waals surface area contributed by atoms with Gasteiger partial charge in [-0.15, -0.1) is 0 Å². The second-order valence-electron chi connectivity index (χ2n) is 6.33. The zero-order valence-electron chi connectivity index (χ0n) is 12.9. The van der Waals surface area contributed by atoms with E-state index >= 15 is 0 Å². The SMILES string of the molecule is CCNCc1nc(N2CCCC2C2CCCC2)ccc1Cl. The summed E-state index contributed by atoms with van der Waals surface area (Å²) in [5, 5.41) is 4.10. The van der Waals surface area contributed by atoms with Crippen LogP contribution >= 0.6 is 11.6 Å². The maximum atomic E-state index is 6.28. The molecule has 2 aliphatic rings. The van der Waals surface area contributed by atoms with Gasteiger partial charge in [-0.2, -0.15) is 0 Å². The minimum absolute atomic E-state index is 0.702. The van der Waals surface area contributed by atoms with E-state index in [0.29, 0.717) is 6.04 Å². The first-order chi connectivity index (χ1) is 10.3. The van der Waals surface area contributed by atoms with Crippen LogP contribution in [-0.2, 0) is 6.54 Å². The second kappa shape index (κ2) is 6.97. The molecule has 1 saturated carbocycles. The molecule has 1 saturated heterocycles. The molecule has 0 aromatic carbocycles. The maximum absolute atomic E-state index is 6.28. The summed E-state index contributed by atoms with van der Waals surface area (Å²) in [5.41, 5.74) is 0.980. The number of anilines is 1. The van der Waals surface area contributed by atoms with Crippen molar-refractivity contribution >= 4 is 17.4 Å². The van der Waals surface area contributed by atoms with Gasteiger partial charge in [0, 0.05) is 19.1 Å². The van der Waals surface area contributed by atoms with Gasteiger partial charge in [0.05, 0.1) is 10.7 Å². The Morgan fingerprint density at radius 1 is 1.24 bits per heavy atom. The van der Waals surface area contributed by atoms with E-state index < -0.39 is 0 Å². The molecule has 1 aliphatic heterocycles. The van der Waals surface area contributed by atoms with E-state index in [9.17, 15) is 0 Å². The molecule has 0 bridgehead atoms. The summed E-state index contributed by atoms with van der Waals surface area (Å²) in [6, 6.07) is 4.82. The van der Waals surface area contributed by atoms with Gasteiger partial charge in [-0.05, 0) is 50.3 Å². The van der Waals surface area contributed by atoms with Gasteiger partial charge < -0.3 is 10.2 Å². The Bertz CT molecular complexity index is 471. The standard InChI is InChI=1S/C17H26ClN3/c1-2-19-12-15-14(18)9-10-17(20-15)21-11-5-8-16(21)13-6-3-4-7-13/h9-10,13,16,19H,2-8,11-12H2,1H3. The van der Waals surface area contributed by atoms with Crippen LogP contribution in [0.15, 0.2) is 12.1 Å². The topological polar surface area (TPSA) is 28.2 Å². The monoisotopic (exact) mass is 307 g/mol. The van der Waals surface area contributed by atoms with E-state index in [0.717, 1.165) is 42.1 Å². The van der Waals surface area contributed by atoms with Crippen LogP contribution in [0.5, 0.6) is 0 Å². The fraction of sp³-hybridized carbons (Fsp3) is 0.706. The first-order valence-electron chi connectivity index (χ1n) is 8.42. The van der Waals surface area contributed by atoms with E-state index in [4.69, 9.17) is 16.6 Å². The normalized spacial score (nSPS) is 23.1. The van der Waals surface area contributed by atoms with Crippen molar-refractivity contribution < 1.29 is 0 Å². The molecule has 116 valence electrons. The van der Waals surface area contributed by atoms with E-state index in [-0.39, 0.29) is 0 Å². The first kappa shape index (κ1) is 15.1. The third-order valence-electron chi connectivity index (χ3n) is 4.98. The minimum atomic E-state index is 0.702. The fourth-order valence-corrected chi connectivity index (χ4v) is 4.08. The highest BCUT2D eigenvalue weighted by atomic mass is 35.5. The molecule has 2 heterocycles. The summed E-state index contributed by atoms with van der Waals surface area (Å²) >= 11 is 6.28. The van der Waals surface area contributed by atoms with E-state index in [1.54, 1.807) is 0 Å². The van der Waals surface area contributed by atoms with E-state index in [1.807, 2.05) is 6.07 Å². The molecule has 1 unspecified atom stereocenters. The van der Waals surface area contributed by atoms with Gasteiger partial charge in [0.2, 0.25) is 0 Å². The number of halogens is 1. The van der Waals surface area contributed by atoms with Crippen LogP contribution in [0.25, 0.3) is 0 Å². The molecule has 1 aromatic heterocycles. The third kappa shape index (κ3) is 3.35. The van der Waals surface area contributed by atoms with Gasteiger partial charge in [-0.3, -0.25) is 0 Å². The van der Waals surface area contributed by atoms with Crippen LogP contribution in [0, 0.1) is 5.92 Å². The average Bonchev–Trinajstić information content (AvgIpc) is 3.16. The van der Waals surface area contributed by atoms with Crippen molar-refractivity contribution in [2.24, 2.45) is 5.92 Å². The largest absolute Gasteiger partial charge is 0.353 e. The van der Waals surface area contributed by atoms with Gasteiger partial charge in [-0.25, -0.2) is 4.98 Å². The molecule has 3 rings (SSSR count). The molecule has 0 spiro atoms. The van der Waals surface area contributed by atoms with Crippen molar-refractivity contribution in [3.8, 4) is 0 Å². The van der Waals surface area contributed by atoms with Crippen molar-refractivity contribution in [3.63, 3.8) is 0 Å². The Balaban J connectivity index is 1.78. The number of nitrogens with zero attached hydrogens (tertiary/aromatic N) is 2. The van der Waals surface area contributed by atoms with Crippen LogP contribution in [0.1, 0.15) is 51.1 Å². The smallest absolute Gasteiger partial charge is 0.129 e. The van der Waals surface area contributed by atoms with Crippen LogP contribution in [0.2, 0.25) is 5.02 Å². The molecule has 1 atom stereocenters. The Morgan fingerprint density at radius 3 is 2.81 bits per heavy atom. The second-order valence-corrected chi connectivity index (χ2v) is 6.73. The molecule has 4 heteroatoms. The van der Waals surface area contributed by atoms with Crippen LogP contribution in [-0.4, -0.2) is 24.1 Å². The lowest BCUT2D eigenvalue weighted by atomic mass is 9.96. The van der Waals surface area contributed by atoms with Crippen molar-refractivity contribution in [2.75, 3.05) is 18.0 Å². The van der Waals surface area contributed by atoms with Crippen molar-refractivity contribution in [3.05, 3.63) is 22.8 Å². The maximum Gasteiger partial charge on any atom is 0.129 e. The quantitative estimate of drug-likeness (QED) is 0.891. The Labute approximate surface area is 133 Å². The molecular weight excluding hydrogens is 282 g/mol. The Morgan fingerprint density at radius 2 is 2.05 bits per heavy atom. The molecule has 21 heavy (non-hydrogen) atoms. The number of aromatic nitrogens is 1. The van der Waals surface area contributed by atoms with Crippen molar-refractivity contribution in [2.45, 2.75) is 58.0 Å². The highest BCUT2D eigenvalue weighted by Crippen LogP contribution is 2.37. The highest BCUT2D eigenvalue weighted by molar-refractivity contribution is 6.31. The van der Waals surface area contributed by atoms with Gasteiger partial charge in [0.25, 0.3) is 0 Å². The Hall–Kier alpha value is -0.800. The summed E-state index contributed by atoms with van der Waals surface area (Å²) in [6.07, 6.45) is 8.26. The minimum Gasteiger partial charge on any atom is -0.353 e. The predicted molar refractivity (Wildman–Crippen MR) is 89.0 cm³/mol. The lowest BCUT2D eigenvalue weighted by Gasteiger charge is -2.30. The van der Waals surface area contributed by atoms with Crippen LogP contribution in [0.3, 0.4) is 0 Å². The van der Waals surface area contributed by atoms with Crippen LogP contribution in [0.4, 0.5) is 5.82 Å². The summed E-state index contributed by atoms with van der Waals surface area (Å²) in [6.45, 7) is 4.95. The lowest BCUT2D eigenvalue weighted by molar-refractivity contribution is 0.429. The predicted octanol–water partition coefficient (Wildman–Crippen LogP) is 4.00. The number of hydrogen-bond acceptors (Lipinski definition) is 3. The summed E-state index contributed by atoms with van der Waals surface area (Å²) in [5.74, 6) is 2.00. The molecule has 1 N–H and O–H groups in total. The number of hydrogen-bond donors (Lipinski definition) is 1. The van der Waals surface area contributed by atoms with Crippen molar-refractivity contribution in [1.29, 1.82) is 0 Å². The van der Waals surface area contributed by atoms with Gasteiger partial charge in [-0.1, -0.05) is 31.4 Å². The number of nitrogens with one attached hydrogen (secondary N) is 1. The molecular formula is C17H26ClN3. The number of pyridine rings is 1. The van der Waals surface area contributed by atoms with Crippen LogP contribution < -0.4 is 10.2 Å². The average molecular weight is 308 g/mol. The number of rotatable bonds is 5. The first-order valence-corrected chi connectivity index (χ1v) is 8.80. The molecule has 2 fully saturated rings. The molecule has 1 aromatic rings. The van der Waals surface area contributed by atoms with E-state index in [1.165, 1.54) is 38.5 Å². The highest BCUT2D eigenvalue weighted by Gasteiger charge is 2.34. The van der Waals surface area contributed by atoms with Gasteiger partial charge in [0.1, 0.15) is 5.82 Å². The third-order valence-corrected chi connectivity index (χ3v) is 5.33. The zero-order valence-corrected chi connectivity index (χ0v) is 13.7. The Kier molecular flexibility index (Phi) is 5.02. The summed E-state index contributed by atoms with van der Waals surface area (Å²) in [7, 11) is 0. The summed E-state index contributed by atoms with van der Waals surface area (Å²) < 4.78 is 0. The fourth-order valence-electron chi connectivity index (χ4n) is 3.91. The molecule has 0 amide bonds. The van der Waals surface area contributed by atoms with Gasteiger partial charge in [0.15, 0.2) is 0 Å². The molecule has 1 aliphatic carbocycles. The lowest BCUT2D eigenvalue weighted by Crippen LogP contribution is -2.35. The molecule has 0 radical (unpaired) electrons. The zero-order chi connectivity index (χ0) is 14.7. The van der Waals surface area contributed by atoms with Gasteiger partial charge >= 0.3 is 0 Å². The van der Waals surface area contributed by atoms with Crippen molar-refractivity contribution in [1.82, 2.24) is 10.3 Å². The molecule has 3 nitrogen and oxygen atoms in total.